The van der Waals surface area contributed by atoms with E-state index in [2.05, 4.69) is 11.8 Å². The van der Waals surface area contributed by atoms with E-state index >= 15 is 0 Å². The predicted octanol–water partition coefficient (Wildman–Crippen LogP) is 0.477. The third kappa shape index (κ3) is 4.23. The Morgan fingerprint density at radius 2 is 1.95 bits per heavy atom. The van der Waals surface area contributed by atoms with E-state index < -0.39 is 7.12 Å². The Bertz CT molecular complexity index is 392. The molecule has 1 saturated heterocycles. The maximum Gasteiger partial charge on any atom is 0.492 e. The van der Waals surface area contributed by atoms with Gasteiger partial charge >= 0.3 is 7.12 Å². The number of ether oxygens (including phenoxy) is 1. The Hall–Kier alpha value is -1.04. The molecule has 0 unspecified atom stereocenters. The van der Waals surface area contributed by atoms with Crippen molar-refractivity contribution in [2.75, 3.05) is 26.2 Å². The third-order valence-electron chi connectivity index (χ3n) is 3.74. The highest BCUT2D eigenvalue weighted by Crippen LogP contribution is 2.15. The Kier molecular flexibility index (Phi) is 5.25. The van der Waals surface area contributed by atoms with Gasteiger partial charge in [-0.25, -0.2) is 0 Å². The van der Waals surface area contributed by atoms with Crippen molar-refractivity contribution in [1.29, 1.82) is 0 Å². The second-order valence-electron chi connectivity index (χ2n) is 5.28. The van der Waals surface area contributed by atoms with Crippen molar-refractivity contribution in [2.24, 2.45) is 5.92 Å². The summed E-state index contributed by atoms with van der Waals surface area (Å²) in [7, 11) is -1.48. The van der Waals surface area contributed by atoms with Gasteiger partial charge in [0.1, 0.15) is 12.4 Å². The highest BCUT2D eigenvalue weighted by atomic mass is 16.5. The number of likely N-dealkylation sites (tertiary alicyclic amines) is 1. The van der Waals surface area contributed by atoms with E-state index in [0.717, 1.165) is 25.6 Å². The topological polar surface area (TPSA) is 52.9 Å². The summed E-state index contributed by atoms with van der Waals surface area (Å²) in [6.07, 6.45) is 2.51. The van der Waals surface area contributed by atoms with E-state index in [1.54, 1.807) is 18.2 Å². The average molecular weight is 263 g/mol. The lowest BCUT2D eigenvalue weighted by Crippen LogP contribution is -2.36. The van der Waals surface area contributed by atoms with Gasteiger partial charge in [-0.15, -0.1) is 0 Å². The van der Waals surface area contributed by atoms with Crippen molar-refractivity contribution in [2.45, 2.75) is 19.8 Å². The van der Waals surface area contributed by atoms with Gasteiger partial charge in [-0.05, 0) is 37.9 Å². The molecule has 0 radical (unpaired) electrons. The van der Waals surface area contributed by atoms with Crippen LogP contribution in [-0.4, -0.2) is 48.3 Å². The van der Waals surface area contributed by atoms with Crippen molar-refractivity contribution in [3.8, 4) is 5.75 Å². The molecule has 1 heterocycles. The first-order chi connectivity index (χ1) is 9.16. The molecule has 1 aliphatic rings. The lowest BCUT2D eigenvalue weighted by molar-refractivity contribution is 0.160. The van der Waals surface area contributed by atoms with Gasteiger partial charge in [0.25, 0.3) is 0 Å². The van der Waals surface area contributed by atoms with Crippen LogP contribution in [0.5, 0.6) is 5.75 Å². The fourth-order valence-corrected chi connectivity index (χ4v) is 2.40. The van der Waals surface area contributed by atoms with Crippen LogP contribution in [0.15, 0.2) is 24.3 Å². The zero-order chi connectivity index (χ0) is 13.7. The van der Waals surface area contributed by atoms with Gasteiger partial charge in [0, 0.05) is 12.0 Å². The number of rotatable bonds is 5. The fraction of sp³-hybridized carbons (Fsp3) is 0.571. The van der Waals surface area contributed by atoms with Crippen LogP contribution < -0.4 is 10.2 Å². The van der Waals surface area contributed by atoms with Gasteiger partial charge in [-0.1, -0.05) is 25.1 Å². The molecule has 19 heavy (non-hydrogen) atoms. The van der Waals surface area contributed by atoms with E-state index in [0.29, 0.717) is 17.8 Å². The van der Waals surface area contributed by atoms with Crippen molar-refractivity contribution in [3.05, 3.63) is 24.3 Å². The first-order valence-corrected chi connectivity index (χ1v) is 6.97. The van der Waals surface area contributed by atoms with Crippen LogP contribution in [0.25, 0.3) is 0 Å². The van der Waals surface area contributed by atoms with E-state index in [9.17, 15) is 10.0 Å². The predicted molar refractivity (Wildman–Crippen MR) is 76.6 cm³/mol. The zero-order valence-electron chi connectivity index (χ0n) is 11.5. The fourth-order valence-electron chi connectivity index (χ4n) is 2.40. The molecule has 1 fully saturated rings. The van der Waals surface area contributed by atoms with Crippen LogP contribution >= 0.6 is 0 Å². The van der Waals surface area contributed by atoms with Crippen LogP contribution in [0, 0.1) is 5.92 Å². The van der Waals surface area contributed by atoms with Crippen LogP contribution in [0.3, 0.4) is 0 Å². The molecule has 0 bridgehead atoms. The maximum absolute atomic E-state index is 9.25. The second kappa shape index (κ2) is 6.94. The maximum atomic E-state index is 9.25. The van der Waals surface area contributed by atoms with Crippen LogP contribution in [0.4, 0.5) is 0 Å². The summed E-state index contributed by atoms with van der Waals surface area (Å²) in [4.78, 5) is 2.40. The number of nitrogens with zero attached hydrogens (tertiary/aromatic N) is 1. The first kappa shape index (κ1) is 14.4. The summed E-state index contributed by atoms with van der Waals surface area (Å²) in [5.41, 5.74) is 0.426. The summed E-state index contributed by atoms with van der Waals surface area (Å²) >= 11 is 0. The third-order valence-corrected chi connectivity index (χ3v) is 3.74. The molecule has 0 saturated carbocycles. The summed E-state index contributed by atoms with van der Waals surface area (Å²) in [6, 6.07) is 7.05. The van der Waals surface area contributed by atoms with Gasteiger partial charge in [0.2, 0.25) is 0 Å². The standard InChI is InChI=1S/C14H22BNO3/c1-12-6-8-16(9-7-12)10-11-19-14-5-3-2-4-13(14)15(17)18/h2-5,12,17-18H,6-11H2,1H3. The summed E-state index contributed by atoms with van der Waals surface area (Å²) < 4.78 is 5.67. The molecule has 0 aromatic heterocycles. The SMILES string of the molecule is CC1CCN(CCOc2ccccc2B(O)O)CC1. The van der Waals surface area contributed by atoms with Gasteiger partial charge in [-0.3, -0.25) is 4.90 Å². The molecule has 5 heteroatoms. The van der Waals surface area contributed by atoms with Crippen LogP contribution in [0.1, 0.15) is 19.8 Å². The zero-order valence-corrected chi connectivity index (χ0v) is 11.5. The second-order valence-corrected chi connectivity index (χ2v) is 5.28. The minimum Gasteiger partial charge on any atom is -0.493 e. The minimum atomic E-state index is -1.48. The van der Waals surface area contributed by atoms with Crippen LogP contribution in [0.2, 0.25) is 0 Å². The van der Waals surface area contributed by atoms with Gasteiger partial charge in [0.05, 0.1) is 0 Å². The lowest BCUT2D eigenvalue weighted by Gasteiger charge is -2.30. The lowest BCUT2D eigenvalue weighted by atomic mass is 9.79. The van der Waals surface area contributed by atoms with E-state index in [1.165, 1.54) is 12.8 Å². The molecular formula is C14H22BNO3. The molecule has 0 atom stereocenters. The molecule has 1 aliphatic heterocycles. The smallest absolute Gasteiger partial charge is 0.492 e. The number of benzene rings is 1. The van der Waals surface area contributed by atoms with Crippen LogP contribution in [-0.2, 0) is 0 Å². The molecule has 0 amide bonds. The minimum absolute atomic E-state index is 0.426. The summed E-state index contributed by atoms with van der Waals surface area (Å²) in [5.74, 6) is 1.39. The average Bonchev–Trinajstić information content (AvgIpc) is 2.41. The first-order valence-electron chi connectivity index (χ1n) is 6.97. The van der Waals surface area contributed by atoms with Gasteiger partial charge < -0.3 is 14.8 Å². The summed E-state index contributed by atoms with van der Waals surface area (Å²) in [5, 5.41) is 18.5. The van der Waals surface area contributed by atoms with E-state index in [-0.39, 0.29) is 0 Å². The Morgan fingerprint density at radius 1 is 1.26 bits per heavy atom. The monoisotopic (exact) mass is 263 g/mol. The molecular weight excluding hydrogens is 241 g/mol. The van der Waals surface area contributed by atoms with Crippen molar-refractivity contribution >= 4 is 12.6 Å². The van der Waals surface area contributed by atoms with Crippen molar-refractivity contribution in [3.63, 3.8) is 0 Å². The highest BCUT2D eigenvalue weighted by molar-refractivity contribution is 6.59. The normalized spacial score (nSPS) is 17.4. The molecule has 0 spiro atoms. The molecule has 4 nitrogen and oxygen atoms in total. The number of hydrogen-bond donors (Lipinski definition) is 2. The number of para-hydroxylation sites is 1. The molecule has 2 N–H and O–H groups in total. The Labute approximate surface area is 115 Å². The molecule has 0 aliphatic carbocycles. The number of piperidine rings is 1. The molecule has 1 aromatic carbocycles. The quantitative estimate of drug-likeness (QED) is 0.759. The molecule has 104 valence electrons. The number of hydrogen-bond acceptors (Lipinski definition) is 4. The molecule has 2 rings (SSSR count). The van der Waals surface area contributed by atoms with Gasteiger partial charge in [0.15, 0.2) is 0 Å². The molecule has 1 aromatic rings. The van der Waals surface area contributed by atoms with Crippen molar-refractivity contribution in [1.82, 2.24) is 4.90 Å². The highest BCUT2D eigenvalue weighted by Gasteiger charge is 2.18. The Balaban J connectivity index is 1.79. The largest absolute Gasteiger partial charge is 0.493 e. The van der Waals surface area contributed by atoms with E-state index in [1.807, 2.05) is 6.07 Å². The van der Waals surface area contributed by atoms with E-state index in [4.69, 9.17) is 4.74 Å². The Morgan fingerprint density at radius 3 is 2.63 bits per heavy atom. The summed E-state index contributed by atoms with van der Waals surface area (Å²) in [6.45, 7) is 6.04. The van der Waals surface area contributed by atoms with Crippen molar-refractivity contribution < 1.29 is 14.8 Å². The van der Waals surface area contributed by atoms with Gasteiger partial charge in [-0.2, -0.15) is 0 Å².